The van der Waals surface area contributed by atoms with Crippen molar-refractivity contribution in [2.45, 2.75) is 18.4 Å². The molecular formula is C15H22N2O2S. The van der Waals surface area contributed by atoms with E-state index in [1.807, 2.05) is 49.0 Å². The summed E-state index contributed by atoms with van der Waals surface area (Å²) in [5.74, 6) is 1.80. The van der Waals surface area contributed by atoms with E-state index in [2.05, 4.69) is 5.32 Å². The van der Waals surface area contributed by atoms with Crippen LogP contribution in [-0.4, -0.2) is 48.8 Å². The van der Waals surface area contributed by atoms with Crippen molar-refractivity contribution in [1.82, 2.24) is 5.32 Å². The Balaban J connectivity index is 1.96. The van der Waals surface area contributed by atoms with Crippen molar-refractivity contribution < 1.29 is 9.90 Å². The van der Waals surface area contributed by atoms with Crippen molar-refractivity contribution in [3.05, 3.63) is 29.8 Å². The van der Waals surface area contributed by atoms with Gasteiger partial charge >= 0.3 is 0 Å². The summed E-state index contributed by atoms with van der Waals surface area (Å²) in [6.07, 6.45) is 1.49. The van der Waals surface area contributed by atoms with E-state index in [9.17, 15) is 9.90 Å². The molecule has 0 atom stereocenters. The van der Waals surface area contributed by atoms with Crippen LogP contribution >= 0.6 is 11.8 Å². The third-order valence-electron chi connectivity index (χ3n) is 3.63. The van der Waals surface area contributed by atoms with E-state index in [-0.39, 0.29) is 5.91 Å². The van der Waals surface area contributed by atoms with E-state index < -0.39 is 5.60 Å². The highest BCUT2D eigenvalue weighted by Crippen LogP contribution is 2.26. The Bertz CT molecular complexity index is 471. The minimum atomic E-state index is -0.736. The van der Waals surface area contributed by atoms with Gasteiger partial charge in [-0.05, 0) is 42.5 Å². The van der Waals surface area contributed by atoms with Gasteiger partial charge in [0.2, 0.25) is 0 Å². The van der Waals surface area contributed by atoms with Crippen LogP contribution in [0.5, 0.6) is 0 Å². The second-order valence-electron chi connectivity index (χ2n) is 5.46. The van der Waals surface area contributed by atoms with Gasteiger partial charge in [-0.25, -0.2) is 0 Å². The number of nitrogens with zero attached hydrogens (tertiary/aromatic N) is 1. The molecule has 1 amide bonds. The minimum absolute atomic E-state index is 0.125. The maximum atomic E-state index is 12.2. The van der Waals surface area contributed by atoms with Crippen LogP contribution in [0.1, 0.15) is 23.2 Å². The van der Waals surface area contributed by atoms with E-state index in [4.69, 9.17) is 0 Å². The number of amides is 1. The quantitative estimate of drug-likeness (QED) is 0.888. The highest BCUT2D eigenvalue weighted by Gasteiger charge is 2.29. The van der Waals surface area contributed by atoms with Gasteiger partial charge in [0.1, 0.15) is 0 Å². The molecule has 110 valence electrons. The smallest absolute Gasteiger partial charge is 0.251 e. The van der Waals surface area contributed by atoms with E-state index >= 15 is 0 Å². The molecular weight excluding hydrogens is 272 g/mol. The number of anilines is 1. The van der Waals surface area contributed by atoms with Crippen molar-refractivity contribution in [3.63, 3.8) is 0 Å². The molecule has 0 radical (unpaired) electrons. The van der Waals surface area contributed by atoms with Gasteiger partial charge in [-0.15, -0.1) is 0 Å². The zero-order valence-electron chi connectivity index (χ0n) is 12.1. The lowest BCUT2D eigenvalue weighted by atomic mass is 9.97. The lowest BCUT2D eigenvalue weighted by Gasteiger charge is -2.31. The van der Waals surface area contributed by atoms with E-state index in [0.717, 1.165) is 30.0 Å². The summed E-state index contributed by atoms with van der Waals surface area (Å²) in [4.78, 5) is 14.1. The number of thioether (sulfide) groups is 1. The molecule has 0 bridgehead atoms. The molecule has 4 nitrogen and oxygen atoms in total. The molecule has 0 unspecified atom stereocenters. The average Bonchev–Trinajstić information content (AvgIpc) is 2.46. The lowest BCUT2D eigenvalue weighted by molar-refractivity contribution is 0.0311. The molecule has 5 heteroatoms. The zero-order valence-corrected chi connectivity index (χ0v) is 12.9. The SMILES string of the molecule is CN(C)c1cccc(C(=O)NCC2(O)CCSCC2)c1. The fourth-order valence-electron chi connectivity index (χ4n) is 2.20. The molecule has 1 saturated heterocycles. The number of aliphatic hydroxyl groups is 1. The molecule has 2 N–H and O–H groups in total. The molecule has 1 aromatic rings. The first-order chi connectivity index (χ1) is 9.50. The summed E-state index contributed by atoms with van der Waals surface area (Å²) < 4.78 is 0. The Hall–Kier alpha value is -1.20. The fourth-order valence-corrected chi connectivity index (χ4v) is 3.45. The molecule has 1 fully saturated rings. The zero-order chi connectivity index (χ0) is 14.6. The molecule has 2 rings (SSSR count). The van der Waals surface area contributed by atoms with Gasteiger partial charge in [0.25, 0.3) is 5.91 Å². The topological polar surface area (TPSA) is 52.6 Å². The van der Waals surface area contributed by atoms with Crippen LogP contribution in [0.3, 0.4) is 0 Å². The van der Waals surface area contributed by atoms with Gasteiger partial charge < -0.3 is 15.3 Å². The number of hydrogen-bond acceptors (Lipinski definition) is 4. The van der Waals surface area contributed by atoms with Gasteiger partial charge in [-0.3, -0.25) is 4.79 Å². The van der Waals surface area contributed by atoms with Crippen LogP contribution in [0.25, 0.3) is 0 Å². The van der Waals surface area contributed by atoms with Crippen LogP contribution < -0.4 is 10.2 Å². The Morgan fingerprint density at radius 1 is 1.40 bits per heavy atom. The molecule has 1 aliphatic rings. The Morgan fingerprint density at radius 2 is 2.10 bits per heavy atom. The van der Waals surface area contributed by atoms with Crippen LogP contribution in [-0.2, 0) is 0 Å². The Labute approximate surface area is 124 Å². The third kappa shape index (κ3) is 3.90. The van der Waals surface area contributed by atoms with Crippen LogP contribution in [0.2, 0.25) is 0 Å². The first kappa shape index (κ1) is 15.2. The second-order valence-corrected chi connectivity index (χ2v) is 6.69. The van der Waals surface area contributed by atoms with Crippen LogP contribution in [0.4, 0.5) is 5.69 Å². The first-order valence-electron chi connectivity index (χ1n) is 6.86. The van der Waals surface area contributed by atoms with Gasteiger partial charge in [0, 0.05) is 31.9 Å². The number of hydrogen-bond donors (Lipinski definition) is 2. The van der Waals surface area contributed by atoms with Crippen molar-refractivity contribution in [1.29, 1.82) is 0 Å². The Morgan fingerprint density at radius 3 is 2.75 bits per heavy atom. The monoisotopic (exact) mass is 294 g/mol. The second kappa shape index (κ2) is 6.50. The predicted octanol–water partition coefficient (Wildman–Crippen LogP) is 1.74. The van der Waals surface area contributed by atoms with Gasteiger partial charge in [-0.2, -0.15) is 11.8 Å². The summed E-state index contributed by atoms with van der Waals surface area (Å²) in [5.41, 5.74) is 0.885. The molecule has 20 heavy (non-hydrogen) atoms. The average molecular weight is 294 g/mol. The maximum absolute atomic E-state index is 12.2. The van der Waals surface area contributed by atoms with Gasteiger partial charge in [0.05, 0.1) is 5.60 Å². The van der Waals surface area contributed by atoms with Gasteiger partial charge in [-0.1, -0.05) is 6.07 Å². The lowest BCUT2D eigenvalue weighted by Crippen LogP contribution is -2.45. The number of carbonyl (C=O) groups is 1. The Kier molecular flexibility index (Phi) is 4.94. The highest BCUT2D eigenvalue weighted by atomic mass is 32.2. The summed E-state index contributed by atoms with van der Waals surface area (Å²) >= 11 is 1.85. The molecule has 0 aliphatic carbocycles. The van der Waals surface area contributed by atoms with Crippen molar-refractivity contribution >= 4 is 23.4 Å². The number of rotatable bonds is 4. The van der Waals surface area contributed by atoms with Crippen molar-refractivity contribution in [3.8, 4) is 0 Å². The third-order valence-corrected chi connectivity index (χ3v) is 4.61. The minimum Gasteiger partial charge on any atom is -0.388 e. The van der Waals surface area contributed by atoms with E-state index in [1.165, 1.54) is 0 Å². The largest absolute Gasteiger partial charge is 0.388 e. The first-order valence-corrected chi connectivity index (χ1v) is 8.01. The van der Waals surface area contributed by atoms with Crippen molar-refractivity contribution in [2.24, 2.45) is 0 Å². The highest BCUT2D eigenvalue weighted by molar-refractivity contribution is 7.99. The molecule has 1 heterocycles. The number of nitrogens with one attached hydrogen (secondary N) is 1. The van der Waals surface area contributed by atoms with Crippen LogP contribution in [0.15, 0.2) is 24.3 Å². The van der Waals surface area contributed by atoms with Crippen molar-refractivity contribution in [2.75, 3.05) is 37.0 Å². The summed E-state index contributed by atoms with van der Waals surface area (Å²) in [6.45, 7) is 0.332. The number of carbonyl (C=O) groups excluding carboxylic acids is 1. The van der Waals surface area contributed by atoms with E-state index in [1.54, 1.807) is 6.07 Å². The number of benzene rings is 1. The molecule has 0 aromatic heterocycles. The summed E-state index contributed by atoms with van der Waals surface area (Å²) in [6, 6.07) is 7.48. The molecule has 0 spiro atoms. The fraction of sp³-hybridized carbons (Fsp3) is 0.533. The molecule has 1 aromatic carbocycles. The van der Waals surface area contributed by atoms with Crippen LogP contribution in [0, 0.1) is 0 Å². The van der Waals surface area contributed by atoms with E-state index in [0.29, 0.717) is 12.1 Å². The van der Waals surface area contributed by atoms with Gasteiger partial charge in [0.15, 0.2) is 0 Å². The summed E-state index contributed by atoms with van der Waals surface area (Å²) in [5, 5.41) is 13.2. The standard InChI is InChI=1S/C15H22N2O2S/c1-17(2)13-5-3-4-12(10-13)14(18)16-11-15(19)6-8-20-9-7-15/h3-5,10,19H,6-9,11H2,1-2H3,(H,16,18). The predicted molar refractivity (Wildman–Crippen MR) is 84.6 cm³/mol. The summed E-state index contributed by atoms with van der Waals surface area (Å²) in [7, 11) is 3.89. The molecule has 0 saturated carbocycles. The maximum Gasteiger partial charge on any atom is 0.251 e. The molecule has 1 aliphatic heterocycles. The normalized spacial score (nSPS) is 17.6.